The van der Waals surface area contributed by atoms with Gasteiger partial charge in [0.15, 0.2) is 0 Å². The molecule has 2 heterocycles. The van der Waals surface area contributed by atoms with Crippen molar-refractivity contribution in [2.24, 2.45) is 0 Å². The number of aromatic amines is 1. The molecule has 0 unspecified atom stereocenters. The first-order valence-corrected chi connectivity index (χ1v) is 14.5. The second-order valence-electron chi connectivity index (χ2n) is 8.62. The van der Waals surface area contributed by atoms with Crippen molar-refractivity contribution in [2.45, 2.75) is 4.90 Å². The minimum absolute atomic E-state index is 0.196. The van der Waals surface area contributed by atoms with Gasteiger partial charge in [-0.05, 0) is 48.5 Å². The topological polar surface area (TPSA) is 109 Å². The molecule has 0 radical (unpaired) electrons. The Morgan fingerprint density at radius 3 is 2.41 bits per heavy atom. The standard InChI is InChI=1S/C29H26BrN5O3S/c1-38-24-9-5-8-21(18-24)27-28(35-29(34-27)20-6-3-2-4-7-20)22-14-15-31-26(19-22)32-16-17-33-39(36,37)25-12-10-23(30)11-13-25/h2-15,18-19,33H,16-17H2,1H3,(H,31,32)(H,34,35). The van der Waals surface area contributed by atoms with Crippen LogP contribution in [0, 0.1) is 0 Å². The first-order valence-electron chi connectivity index (χ1n) is 12.2. The number of anilines is 1. The number of halogens is 1. The lowest BCUT2D eigenvalue weighted by atomic mass is 10.1. The number of nitrogens with zero attached hydrogens (tertiary/aromatic N) is 2. The van der Waals surface area contributed by atoms with Crippen LogP contribution in [0.1, 0.15) is 0 Å². The van der Waals surface area contributed by atoms with Crippen LogP contribution < -0.4 is 14.8 Å². The molecule has 5 aromatic rings. The van der Waals surface area contributed by atoms with Gasteiger partial charge >= 0.3 is 0 Å². The maximum absolute atomic E-state index is 12.5. The number of rotatable bonds is 10. The van der Waals surface area contributed by atoms with Gasteiger partial charge in [0.1, 0.15) is 17.4 Å². The number of H-pyrrole nitrogens is 1. The summed E-state index contributed by atoms with van der Waals surface area (Å²) in [5, 5.41) is 3.20. The van der Waals surface area contributed by atoms with Crippen molar-refractivity contribution in [1.29, 1.82) is 0 Å². The lowest BCUT2D eigenvalue weighted by molar-refractivity contribution is 0.415. The molecule has 0 spiro atoms. The maximum Gasteiger partial charge on any atom is 0.240 e. The number of methoxy groups -OCH3 is 1. The molecule has 0 aliphatic heterocycles. The summed E-state index contributed by atoms with van der Waals surface area (Å²) in [6, 6.07) is 28.0. The second kappa shape index (κ2) is 11.8. The third kappa shape index (κ3) is 6.36. The third-order valence-corrected chi connectivity index (χ3v) is 8.00. The second-order valence-corrected chi connectivity index (χ2v) is 11.3. The molecule has 0 saturated carbocycles. The smallest absolute Gasteiger partial charge is 0.240 e. The van der Waals surface area contributed by atoms with E-state index in [0.717, 1.165) is 44.1 Å². The van der Waals surface area contributed by atoms with E-state index in [9.17, 15) is 8.42 Å². The number of imidazole rings is 1. The molecular weight excluding hydrogens is 578 g/mol. The minimum atomic E-state index is -3.60. The molecule has 198 valence electrons. The number of ether oxygens (including phenoxy) is 1. The number of hydrogen-bond donors (Lipinski definition) is 3. The Morgan fingerprint density at radius 2 is 1.64 bits per heavy atom. The molecule has 39 heavy (non-hydrogen) atoms. The van der Waals surface area contributed by atoms with Gasteiger partial charge in [-0.2, -0.15) is 0 Å². The summed E-state index contributed by atoms with van der Waals surface area (Å²) in [5.41, 5.74) is 4.39. The summed E-state index contributed by atoms with van der Waals surface area (Å²) < 4.78 is 33.9. The van der Waals surface area contributed by atoms with E-state index < -0.39 is 10.0 Å². The highest BCUT2D eigenvalue weighted by atomic mass is 79.9. The van der Waals surface area contributed by atoms with Gasteiger partial charge in [-0.25, -0.2) is 23.1 Å². The monoisotopic (exact) mass is 603 g/mol. The SMILES string of the molecule is COc1cccc(-c2nc(-c3ccccc3)[nH]c2-c2ccnc(NCCNS(=O)(=O)c3ccc(Br)cc3)c2)c1. The lowest BCUT2D eigenvalue weighted by Gasteiger charge is -2.10. The molecular formula is C29H26BrN5O3S. The first kappa shape index (κ1) is 26.6. The molecule has 0 fully saturated rings. The quantitative estimate of drug-likeness (QED) is 0.170. The van der Waals surface area contributed by atoms with Crippen LogP contribution >= 0.6 is 15.9 Å². The maximum atomic E-state index is 12.5. The van der Waals surface area contributed by atoms with Crippen molar-refractivity contribution in [2.75, 3.05) is 25.5 Å². The van der Waals surface area contributed by atoms with Gasteiger partial charge in [-0.1, -0.05) is 58.4 Å². The van der Waals surface area contributed by atoms with Crippen LogP contribution in [0.15, 0.2) is 107 Å². The van der Waals surface area contributed by atoms with Gasteiger partial charge in [0.2, 0.25) is 10.0 Å². The van der Waals surface area contributed by atoms with Crippen LogP contribution in [-0.4, -0.2) is 43.6 Å². The van der Waals surface area contributed by atoms with E-state index in [2.05, 4.69) is 35.9 Å². The van der Waals surface area contributed by atoms with E-state index in [1.54, 1.807) is 37.6 Å². The third-order valence-electron chi connectivity index (χ3n) is 5.99. The summed E-state index contributed by atoms with van der Waals surface area (Å²) in [6.45, 7) is 0.550. The molecule has 3 N–H and O–H groups in total. The van der Waals surface area contributed by atoms with Crippen molar-refractivity contribution >= 4 is 31.8 Å². The zero-order valence-electron chi connectivity index (χ0n) is 21.1. The average Bonchev–Trinajstić information content (AvgIpc) is 3.42. The van der Waals surface area contributed by atoms with Gasteiger partial charge < -0.3 is 15.0 Å². The van der Waals surface area contributed by atoms with Gasteiger partial charge in [-0.3, -0.25) is 0 Å². The van der Waals surface area contributed by atoms with Gasteiger partial charge in [0.25, 0.3) is 0 Å². The highest BCUT2D eigenvalue weighted by molar-refractivity contribution is 9.10. The molecule has 0 aliphatic rings. The molecule has 8 nitrogen and oxygen atoms in total. The highest BCUT2D eigenvalue weighted by Gasteiger charge is 2.17. The zero-order valence-corrected chi connectivity index (χ0v) is 23.5. The van der Waals surface area contributed by atoms with Crippen molar-refractivity contribution in [3.05, 3.63) is 102 Å². The Kier molecular flexibility index (Phi) is 8.06. The van der Waals surface area contributed by atoms with E-state index in [1.807, 2.05) is 66.7 Å². The highest BCUT2D eigenvalue weighted by Crippen LogP contribution is 2.34. The summed E-state index contributed by atoms with van der Waals surface area (Å²) in [5.74, 6) is 2.10. The Balaban J connectivity index is 1.37. The Bertz CT molecular complexity index is 1670. The molecule has 5 rings (SSSR count). The predicted octanol–water partition coefficient (Wildman–Crippen LogP) is 5.97. The normalized spacial score (nSPS) is 11.3. The molecule has 0 saturated heterocycles. The first-order chi connectivity index (χ1) is 18.9. The van der Waals surface area contributed by atoms with Crippen LogP contribution in [0.4, 0.5) is 5.82 Å². The largest absolute Gasteiger partial charge is 0.497 e. The lowest BCUT2D eigenvalue weighted by Crippen LogP contribution is -2.29. The van der Waals surface area contributed by atoms with Crippen LogP contribution in [-0.2, 0) is 10.0 Å². The van der Waals surface area contributed by atoms with E-state index in [4.69, 9.17) is 9.72 Å². The minimum Gasteiger partial charge on any atom is -0.497 e. The van der Waals surface area contributed by atoms with Crippen molar-refractivity contribution < 1.29 is 13.2 Å². The van der Waals surface area contributed by atoms with Gasteiger partial charge in [0.05, 0.1) is 23.4 Å². The summed E-state index contributed by atoms with van der Waals surface area (Å²) in [7, 11) is -1.96. The molecule has 0 aliphatic carbocycles. The fourth-order valence-corrected chi connectivity index (χ4v) is 5.35. The van der Waals surface area contributed by atoms with E-state index in [1.165, 1.54) is 0 Å². The number of aromatic nitrogens is 3. The fraction of sp³-hybridized carbons (Fsp3) is 0.103. The van der Waals surface area contributed by atoms with Gasteiger partial charge in [-0.15, -0.1) is 0 Å². The number of sulfonamides is 1. The van der Waals surface area contributed by atoms with Crippen LogP contribution in [0.2, 0.25) is 0 Å². The molecule has 0 amide bonds. The Labute approximate surface area is 235 Å². The van der Waals surface area contributed by atoms with E-state index in [0.29, 0.717) is 12.4 Å². The van der Waals surface area contributed by atoms with E-state index >= 15 is 0 Å². The summed E-state index contributed by atoms with van der Waals surface area (Å²) >= 11 is 3.32. The van der Waals surface area contributed by atoms with Crippen LogP contribution in [0.3, 0.4) is 0 Å². The zero-order chi connectivity index (χ0) is 27.2. The van der Waals surface area contributed by atoms with Crippen LogP contribution in [0.5, 0.6) is 5.75 Å². The molecule has 0 atom stereocenters. The van der Waals surface area contributed by atoms with E-state index in [-0.39, 0.29) is 11.4 Å². The molecule has 0 bridgehead atoms. The molecule has 3 aromatic carbocycles. The summed E-state index contributed by atoms with van der Waals surface area (Å²) in [6.07, 6.45) is 1.71. The number of nitrogens with one attached hydrogen (secondary N) is 3. The Morgan fingerprint density at radius 1 is 0.872 bits per heavy atom. The van der Waals surface area contributed by atoms with Crippen molar-refractivity contribution in [1.82, 2.24) is 19.7 Å². The van der Waals surface area contributed by atoms with Crippen LogP contribution in [0.25, 0.3) is 33.9 Å². The fourth-order valence-electron chi connectivity index (χ4n) is 4.05. The Hall–Kier alpha value is -3.99. The van der Waals surface area contributed by atoms with Gasteiger partial charge in [0, 0.05) is 40.4 Å². The summed E-state index contributed by atoms with van der Waals surface area (Å²) in [4.78, 5) is 13.0. The number of benzene rings is 3. The number of hydrogen-bond acceptors (Lipinski definition) is 6. The van der Waals surface area contributed by atoms with Crippen molar-refractivity contribution in [3.8, 4) is 39.7 Å². The molecule has 10 heteroatoms. The molecule has 2 aromatic heterocycles. The predicted molar refractivity (Wildman–Crippen MR) is 157 cm³/mol. The number of pyridine rings is 1. The average molecular weight is 605 g/mol. The van der Waals surface area contributed by atoms with Crippen molar-refractivity contribution in [3.63, 3.8) is 0 Å².